The molecule has 0 bridgehead atoms. The quantitative estimate of drug-likeness (QED) is 0.0466. The first kappa shape index (κ1) is 82.4. The molecule has 0 aromatic heterocycles. The summed E-state index contributed by atoms with van der Waals surface area (Å²) in [5, 5.41) is 0. The predicted molar refractivity (Wildman–Crippen MR) is 408 cm³/mol. The van der Waals surface area contributed by atoms with Crippen molar-refractivity contribution in [3.63, 3.8) is 0 Å². The summed E-state index contributed by atoms with van der Waals surface area (Å²) in [6.07, 6.45) is 100. The molecule has 2 rings (SSSR count). The molecule has 2 aromatic carbocycles. The average Bonchev–Trinajstić information content (AvgIpc) is 3.75. The Bertz CT molecular complexity index is 1860. The van der Waals surface area contributed by atoms with E-state index in [2.05, 4.69) is 101 Å². The van der Waals surface area contributed by atoms with Crippen molar-refractivity contribution in [3.05, 3.63) is 71.8 Å². The maximum absolute atomic E-state index is 5.51. The lowest BCUT2D eigenvalue weighted by Gasteiger charge is -2.12. The molecule has 0 amide bonds. The molecule has 0 aliphatic rings. The van der Waals surface area contributed by atoms with Gasteiger partial charge in [0.2, 0.25) is 0 Å². The number of allylic oxidation sites excluding steroid dienone is 2. The third-order valence-corrected chi connectivity index (χ3v) is 19.5. The lowest BCUT2D eigenvalue weighted by atomic mass is 10.0. The predicted octanol–water partition coefficient (Wildman–Crippen LogP) is 32.0. The minimum absolute atomic E-state index is 0.979. The van der Waals surface area contributed by atoms with Crippen LogP contribution in [-0.4, -0.2) is 11.4 Å². The Morgan fingerprint density at radius 1 is 0.236 bits per heavy atom. The van der Waals surface area contributed by atoms with Crippen LogP contribution in [0.4, 0.5) is 11.4 Å². The summed E-state index contributed by atoms with van der Waals surface area (Å²) in [7, 11) is 0. The number of hydrogen-bond donors (Lipinski definition) is 0. The smallest absolute Gasteiger partial charge is 0.0639 e. The van der Waals surface area contributed by atoms with Gasteiger partial charge in [0.15, 0.2) is 0 Å². The van der Waals surface area contributed by atoms with Gasteiger partial charge >= 0.3 is 0 Å². The van der Waals surface area contributed by atoms with E-state index < -0.39 is 0 Å². The largest absolute Gasteiger partial charge is 0.252 e. The number of rotatable bonds is 70. The summed E-state index contributed by atoms with van der Waals surface area (Å²) >= 11 is 0. The lowest BCUT2D eigenvalue weighted by molar-refractivity contribution is 0.518. The molecular formula is C87H154N2. The number of hydrogen-bond acceptors (Lipinski definition) is 2. The second-order valence-electron chi connectivity index (χ2n) is 28.3. The molecule has 2 aromatic rings. The molecule has 0 spiro atoms. The number of aliphatic imine (C=N–C) groups is 2. The van der Waals surface area contributed by atoms with Crippen LogP contribution < -0.4 is 0 Å². The first-order valence-electron chi connectivity index (χ1n) is 40.9. The van der Waals surface area contributed by atoms with Crippen LogP contribution in [0.25, 0.3) is 12.2 Å². The maximum atomic E-state index is 5.51. The number of nitrogens with zero attached hydrogens (tertiary/aromatic N) is 2. The topological polar surface area (TPSA) is 24.7 Å². The fraction of sp³-hybridized carbons (Fsp3) is 0.793. The molecule has 512 valence electrons. The Balaban J connectivity index is 1.77. The molecule has 2 nitrogen and oxygen atoms in total. The normalized spacial score (nSPS) is 12.3. The van der Waals surface area contributed by atoms with Crippen molar-refractivity contribution in [1.82, 2.24) is 0 Å². The number of unbranched alkanes of at least 4 members (excludes halogenated alkanes) is 59. The van der Waals surface area contributed by atoms with Crippen LogP contribution in [0.2, 0.25) is 0 Å². The fourth-order valence-electron chi connectivity index (χ4n) is 13.4. The van der Waals surface area contributed by atoms with E-state index >= 15 is 0 Å². The van der Waals surface area contributed by atoms with E-state index in [9.17, 15) is 0 Å². The minimum atomic E-state index is 0.979. The molecule has 0 unspecified atom stereocenters. The van der Waals surface area contributed by atoms with E-state index in [1.54, 1.807) is 0 Å². The highest BCUT2D eigenvalue weighted by atomic mass is 14.8. The standard InChI is InChI=1S/C87H154N2/c1-5-9-13-16-19-22-25-28-30-32-34-36-38-40-42-44-46-48-50-53-55-58-61-64-67-72-82-74-70-76-84(80-82)88-86(78-12-8-4)87(79-69-66-63-60-57-52-27-24-21-18-15-11-7-3)89-85-77-71-75-83(81-85)73-68-65-62-59-56-54-51-49-47-45-43-41-39-37-35-33-31-29-26-23-20-17-14-10-6-2/h67-68,70-77,80-81H,5-66,69,78-79H2,1-4H3. The highest BCUT2D eigenvalue weighted by molar-refractivity contribution is 6.43. The van der Waals surface area contributed by atoms with E-state index in [-0.39, 0.29) is 0 Å². The highest BCUT2D eigenvalue weighted by Crippen LogP contribution is 2.25. The molecule has 0 atom stereocenters. The summed E-state index contributed by atoms with van der Waals surface area (Å²) in [4.78, 5) is 11.0. The first-order valence-corrected chi connectivity index (χ1v) is 40.9. The van der Waals surface area contributed by atoms with Gasteiger partial charge in [0.25, 0.3) is 0 Å². The zero-order chi connectivity index (χ0) is 63.3. The zero-order valence-corrected chi connectivity index (χ0v) is 60.8. The van der Waals surface area contributed by atoms with Gasteiger partial charge in [-0.1, -0.05) is 442 Å². The van der Waals surface area contributed by atoms with Crippen LogP contribution >= 0.6 is 0 Å². The van der Waals surface area contributed by atoms with Gasteiger partial charge in [0, 0.05) is 0 Å². The summed E-state index contributed by atoms with van der Waals surface area (Å²) in [5.74, 6) is 0. The van der Waals surface area contributed by atoms with Crippen molar-refractivity contribution >= 4 is 35.0 Å². The zero-order valence-electron chi connectivity index (χ0n) is 60.8. The van der Waals surface area contributed by atoms with Crippen LogP contribution in [0, 0.1) is 0 Å². The van der Waals surface area contributed by atoms with Crippen molar-refractivity contribution in [2.75, 3.05) is 0 Å². The van der Waals surface area contributed by atoms with Crippen molar-refractivity contribution in [2.24, 2.45) is 9.98 Å². The van der Waals surface area contributed by atoms with E-state index in [1.807, 2.05) is 0 Å². The van der Waals surface area contributed by atoms with Gasteiger partial charge < -0.3 is 0 Å². The van der Waals surface area contributed by atoms with Crippen molar-refractivity contribution in [2.45, 2.75) is 445 Å². The molecule has 0 aliphatic carbocycles. The Labute approximate surface area is 558 Å². The van der Waals surface area contributed by atoms with E-state index in [0.717, 1.165) is 43.5 Å². The monoisotopic (exact) mass is 1230 g/mol. The molecule has 0 saturated heterocycles. The van der Waals surface area contributed by atoms with Crippen LogP contribution in [0.1, 0.15) is 456 Å². The second-order valence-corrected chi connectivity index (χ2v) is 28.3. The Morgan fingerprint density at radius 2 is 0.438 bits per heavy atom. The Hall–Kier alpha value is -2.74. The van der Waals surface area contributed by atoms with Gasteiger partial charge in [0.05, 0.1) is 22.8 Å². The Morgan fingerprint density at radius 3 is 0.674 bits per heavy atom. The van der Waals surface area contributed by atoms with Gasteiger partial charge in [0.1, 0.15) is 0 Å². The summed E-state index contributed by atoms with van der Waals surface area (Å²) in [6, 6.07) is 18.0. The molecular weight excluding hydrogens is 1070 g/mol. The molecule has 0 fully saturated rings. The van der Waals surface area contributed by atoms with E-state index in [0.29, 0.717) is 0 Å². The molecule has 0 aliphatic heterocycles. The summed E-state index contributed by atoms with van der Waals surface area (Å²) < 4.78 is 0. The van der Waals surface area contributed by atoms with Crippen molar-refractivity contribution in [3.8, 4) is 0 Å². The van der Waals surface area contributed by atoms with Crippen LogP contribution in [-0.2, 0) is 0 Å². The molecule has 89 heavy (non-hydrogen) atoms. The SMILES string of the molecule is CCCCCCCCCCCCCCCCCCCCCCCCCC=Cc1cccc(N=C(CCCC)C(CCCCCCCCCCCCCCC)=Nc2cccc(C=CCCCCCCCCCCCCCCCCCCCCCCCCC)c2)c1. The fourth-order valence-corrected chi connectivity index (χ4v) is 13.4. The van der Waals surface area contributed by atoms with E-state index in [1.165, 1.54) is 408 Å². The van der Waals surface area contributed by atoms with E-state index in [4.69, 9.17) is 9.98 Å². The maximum Gasteiger partial charge on any atom is 0.0639 e. The van der Waals surface area contributed by atoms with Crippen molar-refractivity contribution in [1.29, 1.82) is 0 Å². The molecule has 0 saturated carbocycles. The third kappa shape index (κ3) is 56.5. The van der Waals surface area contributed by atoms with Crippen LogP contribution in [0.5, 0.6) is 0 Å². The van der Waals surface area contributed by atoms with Gasteiger partial charge in [-0.15, -0.1) is 0 Å². The van der Waals surface area contributed by atoms with Gasteiger partial charge in [-0.2, -0.15) is 0 Å². The summed E-state index contributed by atoms with van der Waals surface area (Å²) in [5.41, 5.74) is 7.07. The summed E-state index contributed by atoms with van der Waals surface area (Å²) in [6.45, 7) is 9.26. The third-order valence-electron chi connectivity index (χ3n) is 19.5. The first-order chi connectivity index (χ1) is 44.2. The van der Waals surface area contributed by atoms with Crippen molar-refractivity contribution < 1.29 is 0 Å². The second kappa shape index (κ2) is 68.1. The Kier molecular flexibility index (Phi) is 63.0. The van der Waals surface area contributed by atoms with Gasteiger partial charge in [-0.25, -0.2) is 0 Å². The molecule has 0 N–H and O–H groups in total. The average molecular weight is 1230 g/mol. The van der Waals surface area contributed by atoms with Gasteiger partial charge in [-0.3, -0.25) is 9.98 Å². The molecule has 0 radical (unpaired) electrons. The lowest BCUT2D eigenvalue weighted by Crippen LogP contribution is -2.14. The molecule has 0 heterocycles. The van der Waals surface area contributed by atoms with Crippen LogP contribution in [0.3, 0.4) is 0 Å². The van der Waals surface area contributed by atoms with Crippen LogP contribution in [0.15, 0.2) is 70.7 Å². The highest BCUT2D eigenvalue weighted by Gasteiger charge is 2.12. The number of benzene rings is 2. The minimum Gasteiger partial charge on any atom is -0.252 e. The van der Waals surface area contributed by atoms with Gasteiger partial charge in [-0.05, 0) is 86.8 Å². The molecule has 2 heteroatoms.